The van der Waals surface area contributed by atoms with E-state index in [4.69, 9.17) is 4.84 Å². The largest absolute Gasteiger partial charge is 0.399 e. The molecular weight excluding hydrogens is 188 g/mol. The summed E-state index contributed by atoms with van der Waals surface area (Å²) >= 11 is 0. The molecule has 0 radical (unpaired) electrons. The van der Waals surface area contributed by atoms with Gasteiger partial charge in [0.2, 0.25) is 0 Å². The van der Waals surface area contributed by atoms with Crippen LogP contribution in [0.25, 0.3) is 0 Å². The Hall–Kier alpha value is -1.64. The monoisotopic (exact) mass is 204 g/mol. The standard InChI is InChI=1S/C12H16N2O/c1-9-6-5-7-11(8-9)12(14-15-4)10(2)13-3/h5-8H,1-4H3/b13-10?,14-12+. The van der Waals surface area contributed by atoms with Gasteiger partial charge in [-0.25, -0.2) is 0 Å². The SMILES string of the molecule is CN=C(C)/C(=N\OC)c1cccc(C)c1. The fourth-order valence-corrected chi connectivity index (χ4v) is 1.32. The summed E-state index contributed by atoms with van der Waals surface area (Å²) in [5, 5.41) is 3.99. The lowest BCUT2D eigenvalue weighted by molar-refractivity contribution is 0.214. The van der Waals surface area contributed by atoms with Gasteiger partial charge >= 0.3 is 0 Å². The summed E-state index contributed by atoms with van der Waals surface area (Å²) < 4.78 is 0. The van der Waals surface area contributed by atoms with Crippen LogP contribution in [0.3, 0.4) is 0 Å². The van der Waals surface area contributed by atoms with Crippen molar-refractivity contribution in [3.8, 4) is 0 Å². The van der Waals surface area contributed by atoms with Gasteiger partial charge in [0.1, 0.15) is 12.8 Å². The first-order valence-corrected chi connectivity index (χ1v) is 4.81. The molecule has 0 aliphatic rings. The number of hydrogen-bond acceptors (Lipinski definition) is 3. The van der Waals surface area contributed by atoms with Crippen LogP contribution in [-0.2, 0) is 4.84 Å². The van der Waals surface area contributed by atoms with Gasteiger partial charge < -0.3 is 4.84 Å². The van der Waals surface area contributed by atoms with Gasteiger partial charge in [0, 0.05) is 12.6 Å². The van der Waals surface area contributed by atoms with Gasteiger partial charge in [-0.3, -0.25) is 4.99 Å². The zero-order valence-corrected chi connectivity index (χ0v) is 9.61. The highest BCUT2D eigenvalue weighted by atomic mass is 16.6. The molecule has 0 fully saturated rings. The molecule has 0 unspecified atom stereocenters. The molecule has 15 heavy (non-hydrogen) atoms. The molecule has 0 saturated heterocycles. The molecule has 3 nitrogen and oxygen atoms in total. The number of rotatable bonds is 3. The molecule has 0 heterocycles. The molecule has 80 valence electrons. The van der Waals surface area contributed by atoms with Gasteiger partial charge in [-0.1, -0.05) is 28.9 Å². The first-order chi connectivity index (χ1) is 7.19. The Bertz CT molecular complexity index is 394. The highest BCUT2D eigenvalue weighted by Crippen LogP contribution is 2.07. The lowest BCUT2D eigenvalue weighted by Gasteiger charge is -2.05. The molecule has 3 heteroatoms. The maximum absolute atomic E-state index is 4.83. The van der Waals surface area contributed by atoms with Crippen LogP contribution < -0.4 is 0 Å². The van der Waals surface area contributed by atoms with Gasteiger partial charge in [0.05, 0.1) is 5.71 Å². The van der Waals surface area contributed by atoms with Crippen LogP contribution in [0.5, 0.6) is 0 Å². The van der Waals surface area contributed by atoms with Crippen LogP contribution >= 0.6 is 0 Å². The highest BCUT2D eigenvalue weighted by molar-refractivity contribution is 6.47. The van der Waals surface area contributed by atoms with Crippen LogP contribution in [0.15, 0.2) is 34.4 Å². The highest BCUT2D eigenvalue weighted by Gasteiger charge is 2.07. The average molecular weight is 204 g/mol. The number of benzene rings is 1. The third-order valence-electron chi connectivity index (χ3n) is 2.15. The smallest absolute Gasteiger partial charge is 0.130 e. The molecule has 1 aromatic carbocycles. The van der Waals surface area contributed by atoms with Crippen molar-refractivity contribution in [3.05, 3.63) is 35.4 Å². The van der Waals surface area contributed by atoms with Crippen molar-refractivity contribution in [1.82, 2.24) is 0 Å². The fourth-order valence-electron chi connectivity index (χ4n) is 1.32. The van der Waals surface area contributed by atoms with E-state index in [2.05, 4.69) is 16.2 Å². The van der Waals surface area contributed by atoms with Crippen molar-refractivity contribution in [3.63, 3.8) is 0 Å². The molecule has 0 aromatic heterocycles. The normalized spacial score (nSPS) is 12.8. The van der Waals surface area contributed by atoms with Crippen molar-refractivity contribution in [2.75, 3.05) is 14.2 Å². The second-order valence-electron chi connectivity index (χ2n) is 3.30. The lowest BCUT2D eigenvalue weighted by Crippen LogP contribution is -2.12. The predicted octanol–water partition coefficient (Wildman–Crippen LogP) is 2.44. The zero-order chi connectivity index (χ0) is 11.3. The molecule has 1 aromatic rings. The van der Waals surface area contributed by atoms with Crippen LogP contribution in [0.2, 0.25) is 0 Å². The number of aryl methyl sites for hydroxylation is 1. The van der Waals surface area contributed by atoms with Gasteiger partial charge in [0.15, 0.2) is 0 Å². The Balaban J connectivity index is 3.16. The first kappa shape index (κ1) is 11.4. The van der Waals surface area contributed by atoms with Gasteiger partial charge in [-0.15, -0.1) is 0 Å². The predicted molar refractivity (Wildman–Crippen MR) is 63.8 cm³/mol. The van der Waals surface area contributed by atoms with Crippen molar-refractivity contribution in [2.45, 2.75) is 13.8 Å². The summed E-state index contributed by atoms with van der Waals surface area (Å²) in [5.41, 5.74) is 3.87. The molecule has 0 bridgehead atoms. The van der Waals surface area contributed by atoms with E-state index in [1.54, 1.807) is 14.2 Å². The van der Waals surface area contributed by atoms with Crippen LogP contribution in [0.4, 0.5) is 0 Å². The Kier molecular flexibility index (Phi) is 4.03. The topological polar surface area (TPSA) is 34.0 Å². The van der Waals surface area contributed by atoms with E-state index in [1.807, 2.05) is 32.0 Å². The van der Waals surface area contributed by atoms with E-state index in [0.29, 0.717) is 0 Å². The third kappa shape index (κ3) is 2.91. The molecule has 0 amide bonds. The first-order valence-electron chi connectivity index (χ1n) is 4.81. The van der Waals surface area contributed by atoms with E-state index in [-0.39, 0.29) is 0 Å². The van der Waals surface area contributed by atoms with Gasteiger partial charge in [-0.2, -0.15) is 0 Å². The summed E-state index contributed by atoms with van der Waals surface area (Å²) in [6.07, 6.45) is 0. The van der Waals surface area contributed by atoms with Gasteiger partial charge in [-0.05, 0) is 19.9 Å². The molecule has 0 saturated carbocycles. The number of oxime groups is 1. The molecule has 0 atom stereocenters. The average Bonchev–Trinajstić information content (AvgIpc) is 2.25. The molecule has 1 rings (SSSR count). The Morgan fingerprint density at radius 3 is 2.60 bits per heavy atom. The van der Waals surface area contributed by atoms with E-state index < -0.39 is 0 Å². The second kappa shape index (κ2) is 5.29. The third-order valence-corrected chi connectivity index (χ3v) is 2.15. The number of hydrogen-bond donors (Lipinski definition) is 0. The number of aliphatic imine (C=N–C) groups is 1. The minimum atomic E-state index is 0.781. The summed E-state index contributed by atoms with van der Waals surface area (Å²) in [4.78, 5) is 8.95. The summed E-state index contributed by atoms with van der Waals surface area (Å²) in [7, 11) is 3.29. The molecule has 0 spiro atoms. The summed E-state index contributed by atoms with van der Waals surface area (Å²) in [5.74, 6) is 0. The molecule has 0 N–H and O–H groups in total. The van der Waals surface area contributed by atoms with Crippen molar-refractivity contribution >= 4 is 11.4 Å². The van der Waals surface area contributed by atoms with Crippen molar-refractivity contribution < 1.29 is 4.84 Å². The fraction of sp³-hybridized carbons (Fsp3) is 0.333. The second-order valence-corrected chi connectivity index (χ2v) is 3.30. The zero-order valence-electron chi connectivity index (χ0n) is 9.61. The van der Waals surface area contributed by atoms with Crippen molar-refractivity contribution in [2.24, 2.45) is 10.1 Å². The molecule has 0 aliphatic heterocycles. The van der Waals surface area contributed by atoms with Crippen LogP contribution in [-0.4, -0.2) is 25.6 Å². The maximum atomic E-state index is 4.83. The van der Waals surface area contributed by atoms with E-state index in [0.717, 1.165) is 17.0 Å². The van der Waals surface area contributed by atoms with E-state index in [1.165, 1.54) is 5.56 Å². The number of nitrogens with zero attached hydrogens (tertiary/aromatic N) is 2. The summed E-state index contributed by atoms with van der Waals surface area (Å²) in [6.45, 7) is 3.96. The quantitative estimate of drug-likeness (QED) is 0.550. The Labute approximate surface area is 90.5 Å². The van der Waals surface area contributed by atoms with E-state index >= 15 is 0 Å². The van der Waals surface area contributed by atoms with Crippen molar-refractivity contribution in [1.29, 1.82) is 0 Å². The lowest BCUT2D eigenvalue weighted by atomic mass is 10.0. The molecular formula is C12H16N2O. The minimum absolute atomic E-state index is 0.781. The van der Waals surface area contributed by atoms with Crippen LogP contribution in [0.1, 0.15) is 18.1 Å². The molecule has 0 aliphatic carbocycles. The minimum Gasteiger partial charge on any atom is -0.399 e. The van der Waals surface area contributed by atoms with Crippen LogP contribution in [0, 0.1) is 6.92 Å². The maximum Gasteiger partial charge on any atom is 0.130 e. The summed E-state index contributed by atoms with van der Waals surface area (Å²) in [6, 6.07) is 8.11. The van der Waals surface area contributed by atoms with Gasteiger partial charge in [0.25, 0.3) is 0 Å². The Morgan fingerprint density at radius 1 is 1.33 bits per heavy atom. The Morgan fingerprint density at radius 2 is 2.07 bits per heavy atom. The van der Waals surface area contributed by atoms with E-state index in [9.17, 15) is 0 Å².